The molecule has 0 spiro atoms. The molecule has 0 radical (unpaired) electrons. The van der Waals surface area contributed by atoms with Gasteiger partial charge in [0.1, 0.15) is 0 Å². The lowest BCUT2D eigenvalue weighted by atomic mass is 9.64. The van der Waals surface area contributed by atoms with Crippen molar-refractivity contribution >= 4 is 5.91 Å². The fourth-order valence-corrected chi connectivity index (χ4v) is 6.10. The van der Waals surface area contributed by atoms with E-state index in [9.17, 15) is 4.79 Å². The van der Waals surface area contributed by atoms with Crippen molar-refractivity contribution in [1.29, 1.82) is 0 Å². The molecule has 1 aromatic carbocycles. The highest BCUT2D eigenvalue weighted by Crippen LogP contribution is 2.43. The molecule has 1 N–H and O–H groups in total. The third kappa shape index (κ3) is 3.56. The van der Waals surface area contributed by atoms with E-state index in [0.717, 1.165) is 63.6 Å². The Morgan fingerprint density at radius 2 is 1.83 bits per heavy atom. The highest BCUT2D eigenvalue weighted by atomic mass is 16.1. The standard InChI is InChI=1S/C24H33N5O/c1-18-13-19(2)29(26-18)10-6-9-22(30)25-23-20-14-27-11-12-28(15-20)17-24(23,16-27)21-7-4-3-5-8-21/h3-5,7-8,13,20,23H,6,9-12,14-17H2,1-2H3,(H,25,30). The highest BCUT2D eigenvalue weighted by molar-refractivity contribution is 5.76. The van der Waals surface area contributed by atoms with E-state index >= 15 is 0 Å². The zero-order chi connectivity index (χ0) is 20.7. The van der Waals surface area contributed by atoms with Gasteiger partial charge in [0.25, 0.3) is 0 Å². The summed E-state index contributed by atoms with van der Waals surface area (Å²) < 4.78 is 2.02. The predicted octanol–water partition coefficient (Wildman–Crippen LogP) is 1.96. The summed E-state index contributed by atoms with van der Waals surface area (Å²) in [6, 6.07) is 13.2. The van der Waals surface area contributed by atoms with Crippen LogP contribution in [0.15, 0.2) is 36.4 Å². The van der Waals surface area contributed by atoms with Crippen LogP contribution in [0.1, 0.15) is 29.8 Å². The van der Waals surface area contributed by atoms with Gasteiger partial charge < -0.3 is 15.1 Å². The van der Waals surface area contributed by atoms with Crippen molar-refractivity contribution in [1.82, 2.24) is 24.9 Å². The maximum absolute atomic E-state index is 13.0. The Labute approximate surface area is 179 Å². The Kier molecular flexibility index (Phi) is 5.15. The van der Waals surface area contributed by atoms with Gasteiger partial charge in [0.2, 0.25) is 5.91 Å². The highest BCUT2D eigenvalue weighted by Gasteiger charge is 2.55. The predicted molar refractivity (Wildman–Crippen MR) is 117 cm³/mol. The van der Waals surface area contributed by atoms with E-state index in [1.165, 1.54) is 5.56 Å². The van der Waals surface area contributed by atoms with Crippen LogP contribution in [0.25, 0.3) is 0 Å². The first-order chi connectivity index (χ1) is 14.5. The number of amides is 1. The number of nitrogens with one attached hydrogen (secondary N) is 1. The van der Waals surface area contributed by atoms with Gasteiger partial charge in [-0.25, -0.2) is 0 Å². The van der Waals surface area contributed by atoms with Crippen LogP contribution < -0.4 is 5.32 Å². The number of rotatable bonds is 6. The molecule has 4 bridgehead atoms. The first kappa shape index (κ1) is 19.8. The molecule has 2 aromatic rings. The minimum atomic E-state index is -0.00965. The molecule has 6 rings (SSSR count). The van der Waals surface area contributed by atoms with E-state index < -0.39 is 0 Å². The Hall–Kier alpha value is -2.18. The van der Waals surface area contributed by atoms with E-state index in [1.807, 2.05) is 11.6 Å². The summed E-state index contributed by atoms with van der Waals surface area (Å²) in [6.45, 7) is 11.5. The minimum Gasteiger partial charge on any atom is -0.352 e. The number of hydrogen-bond donors (Lipinski definition) is 1. The fourth-order valence-electron chi connectivity index (χ4n) is 6.10. The lowest BCUT2D eigenvalue weighted by Crippen LogP contribution is -2.70. The molecule has 0 saturated carbocycles. The van der Waals surface area contributed by atoms with Gasteiger partial charge in [-0.05, 0) is 31.9 Å². The van der Waals surface area contributed by atoms with E-state index in [4.69, 9.17) is 0 Å². The molecule has 4 aliphatic rings. The van der Waals surface area contributed by atoms with Crippen LogP contribution >= 0.6 is 0 Å². The second-order valence-corrected chi connectivity index (χ2v) is 9.55. The Morgan fingerprint density at radius 3 is 2.47 bits per heavy atom. The summed E-state index contributed by atoms with van der Waals surface area (Å²) >= 11 is 0. The number of carbonyl (C=O) groups is 1. The SMILES string of the molecule is Cc1cc(C)n(CCCC(=O)NC2C3CN4CCN(C3)CC2(c2ccccc2)C4)n1. The number of nitrogens with zero attached hydrogens (tertiary/aromatic N) is 4. The van der Waals surface area contributed by atoms with Gasteiger partial charge in [-0.1, -0.05) is 30.3 Å². The van der Waals surface area contributed by atoms with Crippen LogP contribution in [-0.2, 0) is 16.8 Å². The smallest absolute Gasteiger partial charge is 0.220 e. The topological polar surface area (TPSA) is 53.4 Å². The molecule has 3 unspecified atom stereocenters. The summed E-state index contributed by atoms with van der Waals surface area (Å²) in [5, 5.41) is 8.03. The maximum atomic E-state index is 13.0. The summed E-state index contributed by atoms with van der Waals surface area (Å²) in [7, 11) is 0. The molecule has 0 aliphatic carbocycles. The molecule has 4 fully saturated rings. The first-order valence-corrected chi connectivity index (χ1v) is 11.3. The number of hydrogen-bond acceptors (Lipinski definition) is 4. The third-order valence-corrected chi connectivity index (χ3v) is 7.34. The van der Waals surface area contributed by atoms with Crippen molar-refractivity contribution in [2.45, 2.75) is 44.7 Å². The quantitative estimate of drug-likeness (QED) is 0.796. The summed E-state index contributed by atoms with van der Waals surface area (Å²) in [5.74, 6) is 0.683. The van der Waals surface area contributed by atoms with Crippen molar-refractivity contribution in [2.24, 2.45) is 5.92 Å². The average Bonchev–Trinajstić information content (AvgIpc) is 2.88. The van der Waals surface area contributed by atoms with Gasteiger partial charge in [-0.15, -0.1) is 0 Å². The van der Waals surface area contributed by atoms with Crippen LogP contribution in [0.4, 0.5) is 0 Å². The molecule has 3 atom stereocenters. The van der Waals surface area contributed by atoms with Gasteiger partial charge in [0.15, 0.2) is 0 Å². The van der Waals surface area contributed by atoms with Crippen LogP contribution in [-0.4, -0.2) is 70.8 Å². The normalized spacial score (nSPS) is 32.2. The summed E-state index contributed by atoms with van der Waals surface area (Å²) in [4.78, 5) is 18.2. The van der Waals surface area contributed by atoms with E-state index in [0.29, 0.717) is 12.3 Å². The van der Waals surface area contributed by atoms with Crippen LogP contribution in [0.5, 0.6) is 0 Å². The number of aryl methyl sites for hydroxylation is 3. The Morgan fingerprint density at radius 1 is 1.13 bits per heavy atom. The second kappa shape index (κ2) is 7.82. The lowest BCUT2D eigenvalue weighted by Gasteiger charge is -2.55. The third-order valence-electron chi connectivity index (χ3n) is 7.34. The number of aromatic nitrogens is 2. The zero-order valence-corrected chi connectivity index (χ0v) is 18.2. The molecular weight excluding hydrogens is 374 g/mol. The molecule has 30 heavy (non-hydrogen) atoms. The van der Waals surface area contributed by atoms with Gasteiger partial charge in [0.05, 0.1) is 5.69 Å². The summed E-state index contributed by atoms with van der Waals surface area (Å²) in [5.41, 5.74) is 3.57. The lowest BCUT2D eigenvalue weighted by molar-refractivity contribution is -0.124. The van der Waals surface area contributed by atoms with E-state index in [-0.39, 0.29) is 17.4 Å². The fraction of sp³-hybridized carbons (Fsp3) is 0.583. The van der Waals surface area contributed by atoms with Crippen molar-refractivity contribution in [2.75, 3.05) is 39.3 Å². The second-order valence-electron chi connectivity index (χ2n) is 9.55. The minimum absolute atomic E-state index is 0.00965. The molecule has 1 aromatic heterocycles. The van der Waals surface area contributed by atoms with Gasteiger partial charge in [-0.2, -0.15) is 5.10 Å². The molecule has 6 heteroatoms. The van der Waals surface area contributed by atoms with E-state index in [1.54, 1.807) is 0 Å². The Balaban J connectivity index is 1.31. The number of benzene rings is 1. The van der Waals surface area contributed by atoms with Gasteiger partial charge in [0, 0.05) is 75.3 Å². The van der Waals surface area contributed by atoms with Gasteiger partial charge in [-0.3, -0.25) is 9.48 Å². The van der Waals surface area contributed by atoms with Crippen molar-refractivity contribution in [3.63, 3.8) is 0 Å². The molecule has 4 aliphatic heterocycles. The Bertz CT molecular complexity index is 892. The number of fused-ring (bicyclic) bond motifs is 1. The van der Waals surface area contributed by atoms with Crippen molar-refractivity contribution in [3.05, 3.63) is 53.3 Å². The average molecular weight is 408 g/mol. The van der Waals surface area contributed by atoms with E-state index in [2.05, 4.69) is 63.5 Å². The molecule has 4 saturated heterocycles. The summed E-state index contributed by atoms with van der Waals surface area (Å²) in [6.07, 6.45) is 1.38. The van der Waals surface area contributed by atoms with Crippen molar-refractivity contribution < 1.29 is 4.79 Å². The van der Waals surface area contributed by atoms with Crippen LogP contribution in [0, 0.1) is 19.8 Å². The molecular formula is C24H33N5O. The largest absolute Gasteiger partial charge is 0.352 e. The number of carbonyl (C=O) groups excluding carboxylic acids is 1. The zero-order valence-electron chi connectivity index (χ0n) is 18.2. The van der Waals surface area contributed by atoms with Gasteiger partial charge >= 0.3 is 0 Å². The maximum Gasteiger partial charge on any atom is 0.220 e. The monoisotopic (exact) mass is 407 g/mol. The van der Waals surface area contributed by atoms with Crippen LogP contribution in [0.3, 0.4) is 0 Å². The molecule has 5 heterocycles. The molecule has 160 valence electrons. The van der Waals surface area contributed by atoms with Crippen molar-refractivity contribution in [3.8, 4) is 0 Å². The first-order valence-electron chi connectivity index (χ1n) is 11.3. The van der Waals surface area contributed by atoms with Crippen LogP contribution in [0.2, 0.25) is 0 Å². The number of piperidine rings is 2. The molecule has 1 amide bonds. The molecule has 6 nitrogen and oxygen atoms in total.